The molecular weight excluding hydrogens is 236 g/mol. The van der Waals surface area contributed by atoms with E-state index in [0.29, 0.717) is 12.2 Å². The lowest BCUT2D eigenvalue weighted by Crippen LogP contribution is -2.40. The molecule has 1 N–H and O–H groups in total. The van der Waals surface area contributed by atoms with E-state index in [2.05, 4.69) is 31.0 Å². The van der Waals surface area contributed by atoms with Crippen LogP contribution in [0, 0.1) is 11.8 Å². The van der Waals surface area contributed by atoms with Gasteiger partial charge in [-0.05, 0) is 50.6 Å². The highest BCUT2D eigenvalue weighted by atomic mass is 16.5. The van der Waals surface area contributed by atoms with Gasteiger partial charge < -0.3 is 15.0 Å². The Morgan fingerprint density at radius 2 is 2.00 bits per heavy atom. The molecule has 2 rings (SSSR count). The fourth-order valence-corrected chi connectivity index (χ4v) is 3.34. The van der Waals surface area contributed by atoms with Gasteiger partial charge in [0.05, 0.1) is 12.2 Å². The Bertz CT molecular complexity index is 257. The van der Waals surface area contributed by atoms with E-state index >= 15 is 0 Å². The summed E-state index contributed by atoms with van der Waals surface area (Å²) in [4.78, 5) is 2.61. The van der Waals surface area contributed by atoms with E-state index in [4.69, 9.17) is 4.74 Å². The van der Waals surface area contributed by atoms with Gasteiger partial charge in [0.25, 0.3) is 0 Å². The normalized spacial score (nSPS) is 33.2. The van der Waals surface area contributed by atoms with Crippen molar-refractivity contribution in [1.82, 2.24) is 10.2 Å². The molecule has 0 saturated carbocycles. The number of piperidine rings is 1. The highest BCUT2D eigenvalue weighted by Crippen LogP contribution is 2.22. The predicted octanol–water partition coefficient (Wildman–Crippen LogP) is 2.51. The van der Waals surface area contributed by atoms with E-state index in [1.54, 1.807) is 0 Å². The molecule has 2 saturated heterocycles. The van der Waals surface area contributed by atoms with Crippen molar-refractivity contribution in [2.24, 2.45) is 11.8 Å². The standard InChI is InChI=1S/C16H32N2O/c1-13(2)9-17-10-15-6-7-16(19-15)12-18-8-4-5-14(3)11-18/h13-17H,4-12H2,1-3H3. The first-order chi connectivity index (χ1) is 9.13. The Morgan fingerprint density at radius 1 is 1.21 bits per heavy atom. The summed E-state index contributed by atoms with van der Waals surface area (Å²) >= 11 is 0. The zero-order chi connectivity index (χ0) is 13.7. The molecule has 2 heterocycles. The van der Waals surface area contributed by atoms with E-state index in [0.717, 1.165) is 31.5 Å². The second-order valence-corrected chi connectivity index (χ2v) is 7.02. The lowest BCUT2D eigenvalue weighted by atomic mass is 10.00. The van der Waals surface area contributed by atoms with Crippen LogP contribution in [0.2, 0.25) is 0 Å². The molecule has 2 fully saturated rings. The van der Waals surface area contributed by atoms with Gasteiger partial charge >= 0.3 is 0 Å². The third kappa shape index (κ3) is 5.41. The molecule has 2 aliphatic heterocycles. The van der Waals surface area contributed by atoms with Crippen LogP contribution in [0.5, 0.6) is 0 Å². The minimum absolute atomic E-state index is 0.450. The minimum atomic E-state index is 0.450. The number of hydrogen-bond donors (Lipinski definition) is 1. The molecule has 0 aromatic carbocycles. The summed E-state index contributed by atoms with van der Waals surface area (Å²) in [7, 11) is 0. The van der Waals surface area contributed by atoms with Gasteiger partial charge in [0.15, 0.2) is 0 Å². The molecule has 0 aromatic rings. The van der Waals surface area contributed by atoms with Crippen LogP contribution in [-0.4, -0.2) is 49.8 Å². The molecule has 2 aliphatic rings. The largest absolute Gasteiger partial charge is 0.372 e. The first-order valence-corrected chi connectivity index (χ1v) is 8.22. The summed E-state index contributed by atoms with van der Waals surface area (Å²) in [6.45, 7) is 12.7. The molecule has 0 bridgehead atoms. The average Bonchev–Trinajstić information content (AvgIpc) is 2.76. The molecule has 0 spiro atoms. The molecule has 3 heteroatoms. The second kappa shape index (κ2) is 7.61. The predicted molar refractivity (Wildman–Crippen MR) is 80.4 cm³/mol. The molecule has 3 atom stereocenters. The van der Waals surface area contributed by atoms with Crippen LogP contribution in [0.15, 0.2) is 0 Å². The second-order valence-electron chi connectivity index (χ2n) is 7.02. The van der Waals surface area contributed by atoms with Crippen LogP contribution >= 0.6 is 0 Å². The topological polar surface area (TPSA) is 24.5 Å². The van der Waals surface area contributed by atoms with Crippen molar-refractivity contribution in [3.05, 3.63) is 0 Å². The SMILES string of the molecule is CC(C)CNCC1CCC(CN2CCCC(C)C2)O1. The van der Waals surface area contributed by atoms with Gasteiger partial charge in [-0.3, -0.25) is 0 Å². The van der Waals surface area contributed by atoms with Crippen LogP contribution in [-0.2, 0) is 4.74 Å². The van der Waals surface area contributed by atoms with Crippen LogP contribution in [0.1, 0.15) is 46.5 Å². The lowest BCUT2D eigenvalue weighted by molar-refractivity contribution is 0.0157. The smallest absolute Gasteiger partial charge is 0.0707 e. The Hall–Kier alpha value is -0.120. The number of hydrogen-bond acceptors (Lipinski definition) is 3. The van der Waals surface area contributed by atoms with Crippen LogP contribution in [0.4, 0.5) is 0 Å². The molecule has 0 aromatic heterocycles. The fraction of sp³-hybridized carbons (Fsp3) is 1.00. The molecular formula is C16H32N2O. The Kier molecular flexibility index (Phi) is 6.11. The maximum Gasteiger partial charge on any atom is 0.0707 e. The third-order valence-corrected chi connectivity index (χ3v) is 4.32. The zero-order valence-electron chi connectivity index (χ0n) is 13.0. The van der Waals surface area contributed by atoms with Crippen molar-refractivity contribution in [1.29, 1.82) is 0 Å². The van der Waals surface area contributed by atoms with Gasteiger partial charge in [0.1, 0.15) is 0 Å². The number of nitrogens with zero attached hydrogens (tertiary/aromatic N) is 1. The number of likely N-dealkylation sites (tertiary alicyclic amines) is 1. The van der Waals surface area contributed by atoms with Crippen LogP contribution in [0.3, 0.4) is 0 Å². The first kappa shape index (κ1) is 15.3. The van der Waals surface area contributed by atoms with E-state index in [9.17, 15) is 0 Å². The summed E-state index contributed by atoms with van der Waals surface area (Å²) < 4.78 is 6.18. The maximum absolute atomic E-state index is 6.18. The summed E-state index contributed by atoms with van der Waals surface area (Å²) in [5, 5.41) is 3.52. The monoisotopic (exact) mass is 268 g/mol. The summed E-state index contributed by atoms with van der Waals surface area (Å²) in [5.74, 6) is 1.60. The number of ether oxygens (including phenoxy) is 1. The highest BCUT2D eigenvalue weighted by Gasteiger charge is 2.27. The molecule has 3 nitrogen and oxygen atoms in total. The molecule has 0 amide bonds. The van der Waals surface area contributed by atoms with Crippen molar-refractivity contribution >= 4 is 0 Å². The van der Waals surface area contributed by atoms with Crippen molar-refractivity contribution in [2.45, 2.75) is 58.7 Å². The quantitative estimate of drug-likeness (QED) is 0.801. The van der Waals surface area contributed by atoms with Gasteiger partial charge in [-0.2, -0.15) is 0 Å². The van der Waals surface area contributed by atoms with Crippen molar-refractivity contribution in [2.75, 3.05) is 32.7 Å². The van der Waals surface area contributed by atoms with Gasteiger partial charge in [-0.15, -0.1) is 0 Å². The molecule has 0 radical (unpaired) electrons. The lowest BCUT2D eigenvalue weighted by Gasteiger charge is -2.32. The van der Waals surface area contributed by atoms with Gasteiger partial charge in [-0.25, -0.2) is 0 Å². The maximum atomic E-state index is 6.18. The van der Waals surface area contributed by atoms with E-state index in [1.807, 2.05) is 0 Å². The molecule has 112 valence electrons. The van der Waals surface area contributed by atoms with E-state index < -0.39 is 0 Å². The van der Waals surface area contributed by atoms with Crippen LogP contribution < -0.4 is 5.32 Å². The summed E-state index contributed by atoms with van der Waals surface area (Å²) in [6, 6.07) is 0. The van der Waals surface area contributed by atoms with Crippen LogP contribution in [0.25, 0.3) is 0 Å². The Labute approximate surface area is 119 Å². The zero-order valence-corrected chi connectivity index (χ0v) is 13.0. The highest BCUT2D eigenvalue weighted by molar-refractivity contribution is 4.80. The van der Waals surface area contributed by atoms with Gasteiger partial charge in [0, 0.05) is 19.6 Å². The van der Waals surface area contributed by atoms with E-state index in [-0.39, 0.29) is 0 Å². The van der Waals surface area contributed by atoms with Crippen molar-refractivity contribution < 1.29 is 4.74 Å². The Balaban J connectivity index is 1.61. The van der Waals surface area contributed by atoms with Gasteiger partial charge in [-0.1, -0.05) is 20.8 Å². The molecule has 0 aliphatic carbocycles. The van der Waals surface area contributed by atoms with Crippen molar-refractivity contribution in [3.63, 3.8) is 0 Å². The number of nitrogens with one attached hydrogen (secondary N) is 1. The summed E-state index contributed by atoms with van der Waals surface area (Å²) in [6.07, 6.45) is 6.19. The van der Waals surface area contributed by atoms with Crippen molar-refractivity contribution in [3.8, 4) is 0 Å². The van der Waals surface area contributed by atoms with E-state index in [1.165, 1.54) is 38.8 Å². The minimum Gasteiger partial charge on any atom is -0.372 e. The molecule has 19 heavy (non-hydrogen) atoms. The van der Waals surface area contributed by atoms with Gasteiger partial charge in [0.2, 0.25) is 0 Å². The first-order valence-electron chi connectivity index (χ1n) is 8.22. The third-order valence-electron chi connectivity index (χ3n) is 4.32. The summed E-state index contributed by atoms with van der Waals surface area (Å²) in [5.41, 5.74) is 0. The average molecular weight is 268 g/mol. The number of rotatable bonds is 6. The Morgan fingerprint density at radius 3 is 2.74 bits per heavy atom. The fourth-order valence-electron chi connectivity index (χ4n) is 3.34. The molecule has 3 unspecified atom stereocenters.